The molecule has 0 N–H and O–H groups in total. The van der Waals surface area contributed by atoms with Crippen LogP contribution in [0, 0.1) is 27.7 Å². The van der Waals surface area contributed by atoms with E-state index in [9.17, 15) is 0 Å². The fourth-order valence-corrected chi connectivity index (χ4v) is 13.8. The summed E-state index contributed by atoms with van der Waals surface area (Å²) < 4.78 is 0. The van der Waals surface area contributed by atoms with Crippen LogP contribution in [0.2, 0.25) is 26.2 Å². The number of aryl methyl sites for hydroxylation is 8. The topological polar surface area (TPSA) is 0 Å². The third kappa shape index (κ3) is 17.0. The maximum absolute atomic E-state index is 2.35. The molecular formula is C92H88Cl2Si2Zr2-2. The average molecular weight is 1500 g/mol. The molecule has 0 saturated carbocycles. The van der Waals surface area contributed by atoms with Gasteiger partial charge in [-0.1, -0.05) is 220 Å². The standard InChI is InChI=1S/4C22H19.2C2H6Si.2ClH.2Zr/c4*1-3-16-13-18-8-6-10-20(21(18)14-16)22-15(2)11-12-17-7-4-5-9-19(17)22;2*1-3-2;;;;/h4*4-14H,3H2,1-2H3;2*1-2H3;2*1H;;/q4*-1;;;;;2*+2/p-2. The minimum absolute atomic E-state index is 0. The summed E-state index contributed by atoms with van der Waals surface area (Å²) in [5, 5.41) is 21.5. The van der Waals surface area contributed by atoms with Crippen LogP contribution in [0.1, 0.15) is 72.2 Å². The minimum Gasteiger partial charge on any atom is -1.00 e. The molecule has 0 heterocycles. The van der Waals surface area contributed by atoms with Crippen molar-refractivity contribution < 1.29 is 71.5 Å². The third-order valence-electron chi connectivity index (χ3n) is 18.5. The van der Waals surface area contributed by atoms with Gasteiger partial charge in [0, 0.05) is 0 Å². The zero-order valence-electron chi connectivity index (χ0n) is 59.0. The summed E-state index contributed by atoms with van der Waals surface area (Å²) in [5.41, 5.74) is 22.3. The van der Waals surface area contributed by atoms with Gasteiger partial charge in [0.2, 0.25) is 0 Å². The molecule has 6 heteroatoms. The zero-order chi connectivity index (χ0) is 67.6. The van der Waals surface area contributed by atoms with E-state index < -0.39 is 0 Å². The number of hydrogen-bond donors (Lipinski definition) is 0. The van der Waals surface area contributed by atoms with Crippen molar-refractivity contribution in [3.63, 3.8) is 0 Å². The molecule has 0 bridgehead atoms. The Morgan fingerprint density at radius 2 is 0.449 bits per heavy atom. The molecule has 0 aliphatic heterocycles. The SMILES string of the molecule is CCc1cc2c(-c3c(C)ccc4ccccc34)cccc2[cH-]1.CCc1cc2c(-c3c(C)ccc4ccccc34)cccc2[cH-]1.CCc1cc2c(-c3c(C)ccc4ccccc34)cccc2[cH-]1.CCc1cc2c(-c3c(C)ccc4ccccc34)cccc2[cH-]1.C[Si](C)=[Zr+2].C[Si](C)=[Zr+2].[Cl-].[Cl-]. The van der Waals surface area contributed by atoms with Gasteiger partial charge in [0.25, 0.3) is 0 Å². The van der Waals surface area contributed by atoms with Crippen LogP contribution in [0.15, 0.2) is 267 Å². The molecular weight excluding hydrogens is 1410 g/mol. The first-order valence-corrected chi connectivity index (χ1v) is 46.7. The smallest absolute Gasteiger partial charge is 1.00 e. The van der Waals surface area contributed by atoms with Gasteiger partial charge < -0.3 is 24.8 Å². The van der Waals surface area contributed by atoms with Crippen molar-refractivity contribution in [3.8, 4) is 44.5 Å². The number of hydrogen-bond acceptors (Lipinski definition) is 0. The van der Waals surface area contributed by atoms with Crippen LogP contribution in [0.3, 0.4) is 0 Å². The quantitative estimate of drug-likeness (QED) is 0.105. The van der Waals surface area contributed by atoms with Gasteiger partial charge in [-0.05, 0) is 141 Å². The van der Waals surface area contributed by atoms with Gasteiger partial charge in [-0.25, -0.2) is 0 Å². The second-order valence-corrected chi connectivity index (χ2v) is 44.8. The molecule has 0 nitrogen and oxygen atoms in total. The molecule has 0 spiro atoms. The summed E-state index contributed by atoms with van der Waals surface area (Å²) in [6, 6.07) is 97.8. The van der Waals surface area contributed by atoms with E-state index in [0.717, 1.165) is 25.7 Å². The van der Waals surface area contributed by atoms with Crippen molar-refractivity contribution in [2.45, 2.75) is 107 Å². The van der Waals surface area contributed by atoms with Gasteiger partial charge in [0.05, 0.1) is 0 Å². The Balaban J connectivity index is 0.000000146. The maximum Gasteiger partial charge on any atom is -1.00 e. The van der Waals surface area contributed by atoms with E-state index in [1.165, 1.54) is 175 Å². The Morgan fingerprint density at radius 3 is 0.643 bits per heavy atom. The van der Waals surface area contributed by atoms with E-state index in [1.807, 2.05) is 0 Å². The van der Waals surface area contributed by atoms with Gasteiger partial charge in [0.15, 0.2) is 0 Å². The zero-order valence-corrected chi connectivity index (χ0v) is 67.4. The molecule has 0 amide bonds. The van der Waals surface area contributed by atoms with Gasteiger partial charge >= 0.3 is 83.7 Å². The molecule has 0 atom stereocenters. The van der Waals surface area contributed by atoms with Crippen molar-refractivity contribution in [1.82, 2.24) is 0 Å². The molecule has 16 aromatic rings. The largest absolute Gasteiger partial charge is 1.00 e. The summed E-state index contributed by atoms with van der Waals surface area (Å²) >= 11 is 3.48. The van der Waals surface area contributed by atoms with Crippen LogP contribution in [-0.2, 0) is 72.4 Å². The molecule has 0 fully saturated rings. The van der Waals surface area contributed by atoms with E-state index >= 15 is 0 Å². The van der Waals surface area contributed by atoms with Crippen molar-refractivity contribution >= 4 is 97.0 Å². The fraction of sp³-hybridized carbons (Fsp3) is 0.174. The van der Waals surface area contributed by atoms with Crippen molar-refractivity contribution in [3.05, 3.63) is 311 Å². The van der Waals surface area contributed by atoms with Crippen LogP contribution in [0.5, 0.6) is 0 Å². The molecule has 0 aromatic heterocycles. The second-order valence-electron chi connectivity index (χ2n) is 26.0. The number of fused-ring (bicyclic) bond motifs is 8. The molecule has 0 unspecified atom stereocenters. The predicted octanol–water partition coefficient (Wildman–Crippen LogP) is 20.6. The molecule has 488 valence electrons. The van der Waals surface area contributed by atoms with E-state index in [2.05, 4.69) is 348 Å². The monoisotopic (exact) mass is 1500 g/mol. The summed E-state index contributed by atoms with van der Waals surface area (Å²) in [6.07, 6.45) is 4.34. The maximum atomic E-state index is 2.35. The Labute approximate surface area is 625 Å². The molecule has 98 heavy (non-hydrogen) atoms. The molecule has 0 aliphatic carbocycles. The predicted molar refractivity (Wildman–Crippen MR) is 421 cm³/mol. The summed E-state index contributed by atoms with van der Waals surface area (Å²) in [4.78, 5) is 0. The van der Waals surface area contributed by atoms with Crippen LogP contribution in [0.4, 0.5) is 0 Å². The van der Waals surface area contributed by atoms with Crippen molar-refractivity contribution in [1.29, 1.82) is 0 Å². The second kappa shape index (κ2) is 34.8. The van der Waals surface area contributed by atoms with E-state index in [4.69, 9.17) is 0 Å². The first-order valence-electron chi connectivity index (χ1n) is 34.3. The molecule has 0 saturated heterocycles. The van der Waals surface area contributed by atoms with E-state index in [1.54, 1.807) is 46.7 Å². The Bertz CT molecular complexity index is 4780. The Hall–Kier alpha value is -7.10. The molecule has 16 aromatic carbocycles. The normalized spacial score (nSPS) is 10.8. The number of rotatable bonds is 8. The Kier molecular flexibility index (Phi) is 26.7. The average Bonchev–Trinajstić information content (AvgIpc) is 1.43. The fourth-order valence-electron chi connectivity index (χ4n) is 13.8. The molecule has 0 aliphatic rings. The van der Waals surface area contributed by atoms with Gasteiger partial charge in [-0.15, -0.1) is 138 Å². The van der Waals surface area contributed by atoms with Crippen LogP contribution in [-0.4, -0.2) is 10.9 Å². The van der Waals surface area contributed by atoms with Crippen molar-refractivity contribution in [2.24, 2.45) is 0 Å². The van der Waals surface area contributed by atoms with Crippen LogP contribution in [0.25, 0.3) is 131 Å². The van der Waals surface area contributed by atoms with E-state index in [0.29, 0.717) is 0 Å². The van der Waals surface area contributed by atoms with Crippen LogP contribution >= 0.6 is 0 Å². The minimum atomic E-state index is 0. The van der Waals surface area contributed by atoms with Crippen LogP contribution < -0.4 is 24.8 Å². The van der Waals surface area contributed by atoms with E-state index in [-0.39, 0.29) is 35.7 Å². The Morgan fingerprint density at radius 1 is 0.255 bits per heavy atom. The first kappa shape index (κ1) is 75.1. The molecule has 0 radical (unpaired) electrons. The summed E-state index contributed by atoms with van der Waals surface area (Å²) in [6.45, 7) is 27.0. The summed E-state index contributed by atoms with van der Waals surface area (Å²) in [7, 11) is 0. The number of halogens is 2. The van der Waals surface area contributed by atoms with Crippen molar-refractivity contribution in [2.75, 3.05) is 0 Å². The molecule has 16 rings (SSSR count). The van der Waals surface area contributed by atoms with Gasteiger partial charge in [0.1, 0.15) is 0 Å². The van der Waals surface area contributed by atoms with Gasteiger partial charge in [-0.3, -0.25) is 0 Å². The number of benzene rings is 12. The van der Waals surface area contributed by atoms with Gasteiger partial charge in [-0.2, -0.15) is 24.3 Å². The third-order valence-corrected chi connectivity index (χ3v) is 18.5. The summed E-state index contributed by atoms with van der Waals surface area (Å²) in [5.74, 6) is 0. The first-order chi connectivity index (χ1) is 46.6.